The molecule has 1 unspecified atom stereocenters. The van der Waals surface area contributed by atoms with E-state index in [1.807, 2.05) is 0 Å². The first-order valence-corrected chi connectivity index (χ1v) is 4.44. The summed E-state index contributed by atoms with van der Waals surface area (Å²) in [6.07, 6.45) is 0.120. The lowest BCUT2D eigenvalue weighted by Crippen LogP contribution is -2.10. The number of rotatable bonds is 1. The van der Waals surface area contributed by atoms with Gasteiger partial charge in [0.1, 0.15) is 9.58 Å². The van der Waals surface area contributed by atoms with Crippen molar-refractivity contribution >= 4 is 33.3 Å². The smallest absolute Gasteiger partial charge is 0.270 e. The molecule has 1 aliphatic carbocycles. The molecule has 9 heavy (non-hydrogen) atoms. The van der Waals surface area contributed by atoms with Gasteiger partial charge in [0.05, 0.1) is 0 Å². The summed E-state index contributed by atoms with van der Waals surface area (Å²) in [5, 5.41) is -0.978. The summed E-state index contributed by atoms with van der Waals surface area (Å²) >= 11 is 10.6. The summed E-state index contributed by atoms with van der Waals surface area (Å²) in [5.41, 5.74) is 0. The maximum absolute atomic E-state index is 10.2. The standard InChI is InChI=1S/C3H4Cl2O3S/c4-3(5)1-2(3)9(6,7)8/h2H,1H2,(H,6,7,8). The van der Waals surface area contributed by atoms with E-state index in [2.05, 4.69) is 0 Å². The maximum Gasteiger partial charge on any atom is 0.270 e. The highest BCUT2D eigenvalue weighted by molar-refractivity contribution is 7.87. The molecule has 1 aliphatic rings. The highest BCUT2D eigenvalue weighted by atomic mass is 35.5. The summed E-state index contributed by atoms with van der Waals surface area (Å²) in [6, 6.07) is 0. The molecule has 0 saturated heterocycles. The van der Waals surface area contributed by atoms with Crippen molar-refractivity contribution in [2.24, 2.45) is 0 Å². The minimum atomic E-state index is -4.00. The van der Waals surface area contributed by atoms with Crippen LogP contribution in [0.3, 0.4) is 0 Å². The average molecular weight is 191 g/mol. The van der Waals surface area contributed by atoms with Crippen molar-refractivity contribution < 1.29 is 13.0 Å². The van der Waals surface area contributed by atoms with Crippen LogP contribution in [0.15, 0.2) is 0 Å². The Kier molecular flexibility index (Phi) is 1.48. The van der Waals surface area contributed by atoms with Crippen LogP contribution < -0.4 is 0 Å². The summed E-state index contributed by atoms with van der Waals surface area (Å²) in [4.78, 5) is 0. The first kappa shape index (κ1) is 7.60. The summed E-state index contributed by atoms with van der Waals surface area (Å²) in [5.74, 6) is 0. The van der Waals surface area contributed by atoms with Gasteiger partial charge in [-0.3, -0.25) is 4.55 Å². The van der Waals surface area contributed by atoms with Gasteiger partial charge in [0.2, 0.25) is 0 Å². The molecular weight excluding hydrogens is 187 g/mol. The Morgan fingerprint density at radius 3 is 1.89 bits per heavy atom. The number of alkyl halides is 2. The molecule has 1 atom stereocenters. The Hall–Kier alpha value is 0.490. The van der Waals surface area contributed by atoms with Gasteiger partial charge in [-0.1, -0.05) is 0 Å². The fraction of sp³-hybridized carbons (Fsp3) is 1.00. The zero-order valence-electron chi connectivity index (χ0n) is 4.21. The van der Waals surface area contributed by atoms with Gasteiger partial charge in [-0.05, 0) is 0 Å². The van der Waals surface area contributed by atoms with Crippen molar-refractivity contribution in [1.82, 2.24) is 0 Å². The van der Waals surface area contributed by atoms with Gasteiger partial charge in [0.15, 0.2) is 0 Å². The third-order valence-corrected chi connectivity index (χ3v) is 3.51. The lowest BCUT2D eigenvalue weighted by molar-refractivity contribution is 0.481. The van der Waals surface area contributed by atoms with Crippen molar-refractivity contribution in [3.8, 4) is 0 Å². The Balaban J connectivity index is 2.75. The molecule has 0 aliphatic heterocycles. The molecule has 54 valence electrons. The minimum Gasteiger partial charge on any atom is -0.285 e. The fourth-order valence-corrected chi connectivity index (χ4v) is 2.59. The Bertz CT molecular complexity index is 219. The van der Waals surface area contributed by atoms with Crippen LogP contribution in [-0.2, 0) is 10.1 Å². The van der Waals surface area contributed by atoms with Gasteiger partial charge in [-0.15, -0.1) is 23.2 Å². The van der Waals surface area contributed by atoms with E-state index in [9.17, 15) is 8.42 Å². The van der Waals surface area contributed by atoms with Gasteiger partial charge in [-0.2, -0.15) is 8.42 Å². The fourth-order valence-electron chi connectivity index (χ4n) is 0.511. The highest BCUT2D eigenvalue weighted by Gasteiger charge is 2.59. The van der Waals surface area contributed by atoms with E-state index >= 15 is 0 Å². The van der Waals surface area contributed by atoms with E-state index < -0.39 is 19.7 Å². The van der Waals surface area contributed by atoms with Crippen LogP contribution in [0, 0.1) is 0 Å². The Morgan fingerprint density at radius 2 is 1.89 bits per heavy atom. The molecule has 1 rings (SSSR count). The molecule has 0 radical (unpaired) electrons. The summed E-state index contributed by atoms with van der Waals surface area (Å²) < 4.78 is 27.4. The van der Waals surface area contributed by atoms with Crippen molar-refractivity contribution in [3.05, 3.63) is 0 Å². The van der Waals surface area contributed by atoms with Crippen LogP contribution in [0.2, 0.25) is 0 Å². The first-order valence-electron chi connectivity index (χ1n) is 2.18. The van der Waals surface area contributed by atoms with E-state index in [0.717, 1.165) is 0 Å². The molecule has 0 bridgehead atoms. The molecule has 1 fully saturated rings. The first-order chi connectivity index (χ1) is 3.84. The number of hydrogen-bond donors (Lipinski definition) is 1. The molecule has 6 heteroatoms. The predicted octanol–water partition coefficient (Wildman–Crippen LogP) is 0.820. The highest BCUT2D eigenvalue weighted by Crippen LogP contribution is 2.50. The molecule has 3 nitrogen and oxygen atoms in total. The second kappa shape index (κ2) is 1.75. The van der Waals surface area contributed by atoms with E-state index in [1.165, 1.54) is 0 Å². The van der Waals surface area contributed by atoms with Gasteiger partial charge in [0.25, 0.3) is 10.1 Å². The quantitative estimate of drug-likeness (QED) is 0.493. The topological polar surface area (TPSA) is 54.4 Å². The van der Waals surface area contributed by atoms with Gasteiger partial charge >= 0.3 is 0 Å². The van der Waals surface area contributed by atoms with Crippen LogP contribution in [-0.4, -0.2) is 22.6 Å². The van der Waals surface area contributed by atoms with Crippen LogP contribution in [0.1, 0.15) is 6.42 Å². The largest absolute Gasteiger partial charge is 0.285 e. The molecule has 0 spiro atoms. The van der Waals surface area contributed by atoms with Crippen molar-refractivity contribution in [2.75, 3.05) is 0 Å². The molecule has 0 heterocycles. The normalized spacial score (nSPS) is 32.1. The van der Waals surface area contributed by atoms with Gasteiger partial charge in [0, 0.05) is 6.42 Å². The van der Waals surface area contributed by atoms with Crippen molar-refractivity contribution in [2.45, 2.75) is 16.0 Å². The monoisotopic (exact) mass is 190 g/mol. The van der Waals surface area contributed by atoms with E-state index in [1.54, 1.807) is 0 Å². The molecule has 0 aromatic carbocycles. The second-order valence-corrected chi connectivity index (χ2v) is 5.11. The summed E-state index contributed by atoms with van der Waals surface area (Å²) in [6.45, 7) is 0. The van der Waals surface area contributed by atoms with Crippen molar-refractivity contribution in [1.29, 1.82) is 0 Å². The SMILES string of the molecule is O=S(=O)(O)C1CC1(Cl)Cl. The minimum absolute atomic E-state index is 0.120. The predicted molar refractivity (Wildman–Crippen MR) is 34.4 cm³/mol. The average Bonchev–Trinajstić information content (AvgIpc) is 2.10. The second-order valence-electron chi connectivity index (χ2n) is 1.97. The summed E-state index contributed by atoms with van der Waals surface area (Å²) in [7, 11) is -4.00. The third-order valence-electron chi connectivity index (χ3n) is 1.13. The molecule has 0 aromatic heterocycles. The van der Waals surface area contributed by atoms with Crippen LogP contribution in [0.5, 0.6) is 0 Å². The maximum atomic E-state index is 10.2. The molecular formula is C3H4Cl2O3S. The van der Waals surface area contributed by atoms with Gasteiger partial charge in [-0.25, -0.2) is 0 Å². The Morgan fingerprint density at radius 1 is 1.56 bits per heavy atom. The van der Waals surface area contributed by atoms with Crippen LogP contribution in [0.4, 0.5) is 0 Å². The molecule has 1 saturated carbocycles. The van der Waals surface area contributed by atoms with Crippen LogP contribution >= 0.6 is 23.2 Å². The molecule has 0 amide bonds. The van der Waals surface area contributed by atoms with Crippen molar-refractivity contribution in [3.63, 3.8) is 0 Å². The zero-order chi connectivity index (χ0) is 7.28. The van der Waals surface area contributed by atoms with Crippen LogP contribution in [0.25, 0.3) is 0 Å². The van der Waals surface area contributed by atoms with E-state index in [4.69, 9.17) is 27.8 Å². The van der Waals surface area contributed by atoms with Gasteiger partial charge < -0.3 is 0 Å². The Labute approximate surface area is 62.7 Å². The molecule has 0 aromatic rings. The zero-order valence-corrected chi connectivity index (χ0v) is 6.54. The van der Waals surface area contributed by atoms with E-state index in [-0.39, 0.29) is 6.42 Å². The lowest BCUT2D eigenvalue weighted by atomic mass is 10.9. The third kappa shape index (κ3) is 1.49. The molecule has 1 N–H and O–H groups in total. The van der Waals surface area contributed by atoms with E-state index in [0.29, 0.717) is 0 Å². The number of hydrogen-bond acceptors (Lipinski definition) is 2. The lowest BCUT2D eigenvalue weighted by Gasteiger charge is -1.92. The number of halogens is 2.